The summed E-state index contributed by atoms with van der Waals surface area (Å²) < 4.78 is 2.11. The molecule has 0 amide bonds. The van der Waals surface area contributed by atoms with Gasteiger partial charge in [-0.15, -0.1) is 0 Å². The molecule has 1 aliphatic rings. The molecule has 0 spiro atoms. The van der Waals surface area contributed by atoms with Gasteiger partial charge in [0.05, 0.1) is 12.5 Å². The van der Waals surface area contributed by atoms with E-state index in [1.165, 1.54) is 5.84 Å². The molecule has 2 nitrogen and oxygen atoms in total. The molecule has 1 aliphatic heterocycles. The normalized spacial score (nSPS) is 18.8. The molecule has 0 bridgehead atoms. The Morgan fingerprint density at radius 3 is 2.30 bits per heavy atom. The van der Waals surface area contributed by atoms with Gasteiger partial charge in [0.25, 0.3) is 5.84 Å². The van der Waals surface area contributed by atoms with Gasteiger partial charge in [-0.2, -0.15) is 0 Å². The van der Waals surface area contributed by atoms with Crippen molar-refractivity contribution in [3.05, 3.63) is 0 Å². The van der Waals surface area contributed by atoms with E-state index in [2.05, 4.69) is 43.6 Å². The molecule has 0 aromatic rings. The predicted octanol–water partition coefficient (Wildman–Crippen LogP) is 1.16. The van der Waals surface area contributed by atoms with Crippen LogP contribution in [0.4, 0.5) is 0 Å². The Bertz CT molecular complexity index is 194. The lowest BCUT2D eigenvalue weighted by Gasteiger charge is -2.12. The highest BCUT2D eigenvalue weighted by molar-refractivity contribution is 5.86. The Kier molecular flexibility index (Phi) is 1.63. The van der Waals surface area contributed by atoms with Crippen LogP contribution in [0.1, 0.15) is 20.8 Å². The number of rotatable bonds is 0. The van der Waals surface area contributed by atoms with E-state index < -0.39 is 0 Å². The topological polar surface area (TPSA) is 15.4 Å². The van der Waals surface area contributed by atoms with E-state index in [1.54, 1.807) is 0 Å². The van der Waals surface area contributed by atoms with Gasteiger partial charge in [-0.05, 0) is 20.8 Å². The fourth-order valence-corrected chi connectivity index (χ4v) is 1.21. The first kappa shape index (κ1) is 7.45. The second kappa shape index (κ2) is 2.19. The van der Waals surface area contributed by atoms with E-state index in [-0.39, 0.29) is 5.41 Å². The maximum Gasteiger partial charge on any atom is 0.297 e. The Hall–Kier alpha value is -0.660. The van der Waals surface area contributed by atoms with Gasteiger partial charge in [0, 0.05) is 0 Å². The van der Waals surface area contributed by atoms with E-state index in [0.29, 0.717) is 0 Å². The zero-order valence-corrected chi connectivity index (χ0v) is 7.18. The van der Waals surface area contributed by atoms with Crippen LogP contribution in [0.25, 0.3) is 0 Å². The highest BCUT2D eigenvalue weighted by atomic mass is 15.1. The molecule has 0 fully saturated rings. The van der Waals surface area contributed by atoms with Gasteiger partial charge in [0.2, 0.25) is 0 Å². The van der Waals surface area contributed by atoms with Crippen molar-refractivity contribution in [1.82, 2.24) is 0 Å². The molecule has 10 heavy (non-hydrogen) atoms. The van der Waals surface area contributed by atoms with Crippen LogP contribution in [0.2, 0.25) is 0 Å². The summed E-state index contributed by atoms with van der Waals surface area (Å²) in [5, 5.41) is 0. The van der Waals surface area contributed by atoms with Crippen LogP contribution in [-0.2, 0) is 0 Å². The van der Waals surface area contributed by atoms with E-state index in [4.69, 9.17) is 0 Å². The standard InChI is InChI=1S/C8H15N2/c1-8(2,3)7-9-5-6-10(7)4/h6H,5H2,1-4H3/q+1. The largest absolute Gasteiger partial charge is 0.297 e. The smallest absolute Gasteiger partial charge is 0.237 e. The monoisotopic (exact) mass is 139 g/mol. The number of nitrogens with zero attached hydrogens (tertiary/aromatic N) is 2. The number of aliphatic imine (C=N–C) groups is 1. The zero-order chi connectivity index (χ0) is 7.78. The highest BCUT2D eigenvalue weighted by Gasteiger charge is 2.30. The lowest BCUT2D eigenvalue weighted by atomic mass is 9.95. The first-order chi connectivity index (χ1) is 4.52. The van der Waals surface area contributed by atoms with Gasteiger partial charge in [0.1, 0.15) is 6.21 Å². The fourth-order valence-electron chi connectivity index (χ4n) is 1.21. The molecular formula is C8H15N2+. The molecule has 0 N–H and O–H groups in total. The Labute approximate surface area is 62.3 Å². The van der Waals surface area contributed by atoms with Crippen LogP contribution in [0.5, 0.6) is 0 Å². The van der Waals surface area contributed by atoms with Crippen LogP contribution < -0.4 is 0 Å². The Balaban J connectivity index is 2.85. The lowest BCUT2D eigenvalue weighted by Crippen LogP contribution is -2.27. The molecule has 0 atom stereocenters. The molecule has 1 heterocycles. The highest BCUT2D eigenvalue weighted by Crippen LogP contribution is 2.17. The first-order valence-corrected chi connectivity index (χ1v) is 3.63. The lowest BCUT2D eigenvalue weighted by molar-refractivity contribution is -0.371. The van der Waals surface area contributed by atoms with Crippen molar-refractivity contribution in [3.8, 4) is 0 Å². The molecule has 1 rings (SSSR count). The van der Waals surface area contributed by atoms with Crippen molar-refractivity contribution in [2.75, 3.05) is 13.6 Å². The summed E-state index contributed by atoms with van der Waals surface area (Å²) in [6.45, 7) is 7.40. The van der Waals surface area contributed by atoms with Crippen LogP contribution in [-0.4, -0.2) is 30.2 Å². The third-order valence-corrected chi connectivity index (χ3v) is 1.60. The third-order valence-electron chi connectivity index (χ3n) is 1.60. The molecule has 0 radical (unpaired) electrons. The minimum absolute atomic E-state index is 0.196. The van der Waals surface area contributed by atoms with Crippen molar-refractivity contribution >= 4 is 12.1 Å². The van der Waals surface area contributed by atoms with Crippen LogP contribution in [0.3, 0.4) is 0 Å². The van der Waals surface area contributed by atoms with Crippen molar-refractivity contribution in [2.45, 2.75) is 20.8 Å². The third kappa shape index (κ3) is 1.25. The summed E-state index contributed by atoms with van der Waals surface area (Å²) in [6, 6.07) is 0. The molecule has 0 saturated carbocycles. The van der Waals surface area contributed by atoms with Gasteiger partial charge >= 0.3 is 0 Å². The van der Waals surface area contributed by atoms with Gasteiger partial charge in [-0.3, -0.25) is 0 Å². The molecule has 0 saturated heterocycles. The fraction of sp³-hybridized carbons (Fsp3) is 0.750. The SMILES string of the molecule is C[N+]1=CCN=C1C(C)(C)C. The number of hydrogen-bond donors (Lipinski definition) is 0. The van der Waals surface area contributed by atoms with Crippen LogP contribution in [0, 0.1) is 5.41 Å². The molecule has 0 aromatic heterocycles. The maximum atomic E-state index is 4.38. The van der Waals surface area contributed by atoms with Crippen molar-refractivity contribution < 1.29 is 4.58 Å². The summed E-state index contributed by atoms with van der Waals surface area (Å²) in [5.74, 6) is 1.19. The van der Waals surface area contributed by atoms with Crippen LogP contribution in [0.15, 0.2) is 4.99 Å². The summed E-state index contributed by atoms with van der Waals surface area (Å²) in [6.07, 6.45) is 2.10. The maximum absolute atomic E-state index is 4.38. The molecular weight excluding hydrogens is 124 g/mol. The molecule has 56 valence electrons. The Morgan fingerprint density at radius 1 is 1.50 bits per heavy atom. The van der Waals surface area contributed by atoms with E-state index >= 15 is 0 Å². The summed E-state index contributed by atoms with van der Waals surface area (Å²) in [4.78, 5) is 4.38. The van der Waals surface area contributed by atoms with E-state index in [9.17, 15) is 0 Å². The van der Waals surface area contributed by atoms with Gasteiger partial charge in [0.15, 0.2) is 6.54 Å². The minimum Gasteiger partial charge on any atom is -0.237 e. The summed E-state index contributed by atoms with van der Waals surface area (Å²) in [5.41, 5.74) is 0.196. The minimum atomic E-state index is 0.196. The van der Waals surface area contributed by atoms with Crippen molar-refractivity contribution in [2.24, 2.45) is 10.4 Å². The van der Waals surface area contributed by atoms with Gasteiger partial charge in [-0.25, -0.2) is 4.58 Å². The first-order valence-electron chi connectivity index (χ1n) is 3.63. The van der Waals surface area contributed by atoms with E-state index in [1.807, 2.05) is 0 Å². The summed E-state index contributed by atoms with van der Waals surface area (Å²) >= 11 is 0. The van der Waals surface area contributed by atoms with Crippen LogP contribution >= 0.6 is 0 Å². The second-order valence-corrected chi connectivity index (χ2v) is 3.71. The number of hydrogen-bond acceptors (Lipinski definition) is 1. The molecule has 2 heteroatoms. The average Bonchev–Trinajstić information content (AvgIpc) is 2.11. The van der Waals surface area contributed by atoms with E-state index in [0.717, 1.165) is 6.54 Å². The quantitative estimate of drug-likeness (QED) is 0.447. The van der Waals surface area contributed by atoms with Gasteiger partial charge < -0.3 is 0 Å². The predicted molar refractivity (Wildman–Crippen MR) is 44.0 cm³/mol. The molecule has 0 aromatic carbocycles. The van der Waals surface area contributed by atoms with Crippen molar-refractivity contribution in [1.29, 1.82) is 0 Å². The van der Waals surface area contributed by atoms with Gasteiger partial charge in [-0.1, -0.05) is 4.99 Å². The zero-order valence-electron chi connectivity index (χ0n) is 7.18. The molecule has 0 unspecified atom stereocenters. The average molecular weight is 139 g/mol. The summed E-state index contributed by atoms with van der Waals surface area (Å²) in [7, 11) is 2.05. The number of amidine groups is 1. The molecule has 0 aliphatic carbocycles. The second-order valence-electron chi connectivity index (χ2n) is 3.71. The Morgan fingerprint density at radius 2 is 2.10 bits per heavy atom. The van der Waals surface area contributed by atoms with Crippen molar-refractivity contribution in [3.63, 3.8) is 0 Å².